The number of aromatic nitrogens is 3. The van der Waals surface area contributed by atoms with E-state index in [1.165, 1.54) is 0 Å². The Bertz CT molecular complexity index is 799. The van der Waals surface area contributed by atoms with Gasteiger partial charge in [0.2, 0.25) is 5.95 Å². The Hall–Kier alpha value is -2.35. The number of hydrogen-bond acceptors (Lipinski definition) is 6. The van der Waals surface area contributed by atoms with E-state index in [1.54, 1.807) is 19.3 Å². The van der Waals surface area contributed by atoms with Crippen molar-refractivity contribution in [2.24, 2.45) is 0 Å². The first-order valence-electron chi connectivity index (χ1n) is 10.8. The molecule has 0 saturated heterocycles. The molecule has 164 valence electrons. The summed E-state index contributed by atoms with van der Waals surface area (Å²) < 4.78 is 26.2. The molecule has 2 aromatic rings. The molecule has 30 heavy (non-hydrogen) atoms. The van der Waals surface area contributed by atoms with E-state index in [2.05, 4.69) is 25.6 Å². The first-order valence-corrected chi connectivity index (χ1v) is 10.8. The van der Waals surface area contributed by atoms with Crippen LogP contribution in [0.2, 0.25) is 0 Å². The Kier molecular flexibility index (Phi) is 8.30. The van der Waals surface area contributed by atoms with Gasteiger partial charge in [0.15, 0.2) is 0 Å². The molecule has 0 radical (unpaired) electrons. The van der Waals surface area contributed by atoms with Crippen LogP contribution < -0.4 is 10.6 Å². The summed E-state index contributed by atoms with van der Waals surface area (Å²) in [6.45, 7) is 1.60. The van der Waals surface area contributed by atoms with Crippen molar-refractivity contribution < 1.29 is 13.9 Å². The van der Waals surface area contributed by atoms with Gasteiger partial charge in [0.1, 0.15) is 12.0 Å². The maximum atomic E-state index is 13.6. The van der Waals surface area contributed by atoms with Crippen LogP contribution in [0.4, 0.5) is 20.5 Å². The lowest BCUT2D eigenvalue weighted by molar-refractivity contribution is 0.126. The highest BCUT2D eigenvalue weighted by atomic mass is 19.1. The SMILES string of the molecule is CC[C@H](F)CNc1ncc(-c2cc(CCCF)ccn2)c(NC2CCC(O)CC2)n1. The summed E-state index contributed by atoms with van der Waals surface area (Å²) in [5.74, 6) is 0.998. The van der Waals surface area contributed by atoms with E-state index in [1.807, 2.05) is 12.1 Å². The topological polar surface area (TPSA) is 83.0 Å². The zero-order chi connectivity index (χ0) is 21.3. The summed E-state index contributed by atoms with van der Waals surface area (Å²) in [7, 11) is 0. The highest BCUT2D eigenvalue weighted by molar-refractivity contribution is 5.73. The summed E-state index contributed by atoms with van der Waals surface area (Å²) in [5, 5.41) is 16.2. The number of anilines is 2. The highest BCUT2D eigenvalue weighted by Crippen LogP contribution is 2.29. The van der Waals surface area contributed by atoms with Crippen LogP contribution in [0.3, 0.4) is 0 Å². The zero-order valence-electron chi connectivity index (χ0n) is 17.5. The summed E-state index contributed by atoms with van der Waals surface area (Å²) >= 11 is 0. The van der Waals surface area contributed by atoms with Gasteiger partial charge >= 0.3 is 0 Å². The van der Waals surface area contributed by atoms with Gasteiger partial charge < -0.3 is 15.7 Å². The lowest BCUT2D eigenvalue weighted by Crippen LogP contribution is -2.29. The lowest BCUT2D eigenvalue weighted by Gasteiger charge is -2.27. The number of nitrogens with one attached hydrogen (secondary N) is 2. The summed E-state index contributed by atoms with van der Waals surface area (Å²) in [6, 6.07) is 4.01. The number of aliphatic hydroxyl groups is 1. The molecule has 2 heterocycles. The highest BCUT2D eigenvalue weighted by Gasteiger charge is 2.21. The smallest absolute Gasteiger partial charge is 0.224 e. The van der Waals surface area contributed by atoms with E-state index >= 15 is 0 Å². The van der Waals surface area contributed by atoms with Gasteiger partial charge in [-0.15, -0.1) is 0 Å². The minimum atomic E-state index is -0.960. The average Bonchev–Trinajstić information content (AvgIpc) is 2.78. The number of aryl methyl sites for hydroxylation is 1. The normalized spacial score (nSPS) is 20.0. The van der Waals surface area contributed by atoms with Crippen molar-refractivity contribution in [3.05, 3.63) is 30.1 Å². The van der Waals surface area contributed by atoms with Crippen LogP contribution in [-0.4, -0.2) is 51.6 Å². The predicted molar refractivity (Wildman–Crippen MR) is 115 cm³/mol. The molecule has 0 bridgehead atoms. The number of rotatable bonds is 10. The fourth-order valence-corrected chi connectivity index (χ4v) is 3.57. The molecule has 0 unspecified atom stereocenters. The number of pyridine rings is 1. The monoisotopic (exact) mass is 419 g/mol. The third-order valence-corrected chi connectivity index (χ3v) is 5.45. The van der Waals surface area contributed by atoms with Gasteiger partial charge in [-0.2, -0.15) is 4.98 Å². The number of hydrogen-bond donors (Lipinski definition) is 3. The summed E-state index contributed by atoms with van der Waals surface area (Å²) in [5.41, 5.74) is 2.48. The minimum Gasteiger partial charge on any atom is -0.393 e. The molecular formula is C22H31F2N5O. The molecule has 8 heteroatoms. The molecule has 1 aliphatic rings. The minimum absolute atomic E-state index is 0.155. The second kappa shape index (κ2) is 11.2. The van der Waals surface area contributed by atoms with Crippen molar-refractivity contribution in [2.45, 2.75) is 70.2 Å². The van der Waals surface area contributed by atoms with E-state index in [9.17, 15) is 13.9 Å². The Balaban J connectivity index is 1.85. The molecule has 1 aliphatic carbocycles. The maximum Gasteiger partial charge on any atom is 0.224 e. The first-order chi connectivity index (χ1) is 14.6. The Morgan fingerprint density at radius 1 is 1.23 bits per heavy atom. The number of aliphatic hydroxyl groups excluding tert-OH is 1. The number of nitrogens with zero attached hydrogens (tertiary/aromatic N) is 3. The van der Waals surface area contributed by atoms with E-state index in [4.69, 9.17) is 0 Å². The zero-order valence-corrected chi connectivity index (χ0v) is 17.5. The second-order valence-corrected chi connectivity index (χ2v) is 7.83. The van der Waals surface area contributed by atoms with Gasteiger partial charge in [0, 0.05) is 25.0 Å². The molecule has 1 saturated carbocycles. The first kappa shape index (κ1) is 22.3. The van der Waals surface area contributed by atoms with Crippen LogP contribution in [0.1, 0.15) is 51.0 Å². The van der Waals surface area contributed by atoms with Crippen LogP contribution >= 0.6 is 0 Å². The van der Waals surface area contributed by atoms with Crippen LogP contribution in [0, 0.1) is 0 Å². The van der Waals surface area contributed by atoms with Crippen molar-refractivity contribution in [1.29, 1.82) is 0 Å². The van der Waals surface area contributed by atoms with Gasteiger partial charge in [-0.3, -0.25) is 9.37 Å². The number of halogens is 2. The Labute approximate surface area is 176 Å². The van der Waals surface area contributed by atoms with E-state index in [0.29, 0.717) is 36.7 Å². The molecule has 3 N–H and O–H groups in total. The molecule has 0 aliphatic heterocycles. The largest absolute Gasteiger partial charge is 0.393 e. The van der Waals surface area contributed by atoms with E-state index in [0.717, 1.165) is 36.8 Å². The van der Waals surface area contributed by atoms with Crippen molar-refractivity contribution >= 4 is 11.8 Å². The van der Waals surface area contributed by atoms with Crippen LogP contribution in [0.5, 0.6) is 0 Å². The lowest BCUT2D eigenvalue weighted by atomic mass is 9.93. The van der Waals surface area contributed by atoms with Gasteiger partial charge in [0.05, 0.1) is 24.0 Å². The molecule has 0 aromatic carbocycles. The second-order valence-electron chi connectivity index (χ2n) is 7.83. The fraction of sp³-hybridized carbons (Fsp3) is 0.591. The molecule has 3 rings (SSSR count). The van der Waals surface area contributed by atoms with Gasteiger partial charge in [0.25, 0.3) is 0 Å². The summed E-state index contributed by atoms with van der Waals surface area (Å²) in [6.07, 6.45) is 6.94. The van der Waals surface area contributed by atoms with Gasteiger partial charge in [-0.05, 0) is 62.6 Å². The molecule has 6 nitrogen and oxygen atoms in total. The average molecular weight is 420 g/mol. The molecule has 1 fully saturated rings. The Morgan fingerprint density at radius 2 is 2.03 bits per heavy atom. The molecule has 1 atom stereocenters. The maximum absolute atomic E-state index is 13.6. The van der Waals surface area contributed by atoms with Gasteiger partial charge in [-0.1, -0.05) is 6.92 Å². The van der Waals surface area contributed by atoms with Crippen LogP contribution in [0.25, 0.3) is 11.3 Å². The Morgan fingerprint density at radius 3 is 2.77 bits per heavy atom. The third-order valence-electron chi connectivity index (χ3n) is 5.45. The third kappa shape index (κ3) is 6.32. The van der Waals surface area contributed by atoms with Crippen molar-refractivity contribution in [2.75, 3.05) is 23.9 Å². The van der Waals surface area contributed by atoms with Crippen molar-refractivity contribution in [3.63, 3.8) is 0 Å². The van der Waals surface area contributed by atoms with Crippen molar-refractivity contribution in [3.8, 4) is 11.3 Å². The van der Waals surface area contributed by atoms with E-state index in [-0.39, 0.29) is 25.4 Å². The quantitative estimate of drug-likeness (QED) is 0.532. The van der Waals surface area contributed by atoms with E-state index < -0.39 is 6.17 Å². The molecule has 0 spiro atoms. The fourth-order valence-electron chi connectivity index (χ4n) is 3.57. The molecule has 0 amide bonds. The molecular weight excluding hydrogens is 388 g/mol. The predicted octanol–water partition coefficient (Wildman–Crippen LogP) is 4.32. The standard InChI is InChI=1S/C22H31F2N5O/c1-2-16(24)13-26-22-27-14-19(20-12-15(4-3-10-23)9-11-25-20)21(29-22)28-17-5-7-18(30)8-6-17/h9,11-12,14,16-18,30H,2-8,10,13H2,1H3,(H2,26,27,28,29)/t16-,17?,18?/m0/s1. The van der Waals surface area contributed by atoms with Crippen LogP contribution in [-0.2, 0) is 6.42 Å². The number of alkyl halides is 2. The van der Waals surface area contributed by atoms with Crippen LogP contribution in [0.15, 0.2) is 24.5 Å². The van der Waals surface area contributed by atoms with Crippen molar-refractivity contribution in [1.82, 2.24) is 15.0 Å². The molecule has 2 aromatic heterocycles. The van der Waals surface area contributed by atoms with Gasteiger partial charge in [-0.25, -0.2) is 9.37 Å². The summed E-state index contributed by atoms with van der Waals surface area (Å²) in [4.78, 5) is 13.4.